The van der Waals surface area contributed by atoms with Gasteiger partial charge in [-0.1, -0.05) is 26.2 Å². The van der Waals surface area contributed by atoms with Crippen LogP contribution in [0.2, 0.25) is 0 Å². The van der Waals surface area contributed by atoms with E-state index in [0.29, 0.717) is 5.92 Å². The summed E-state index contributed by atoms with van der Waals surface area (Å²) in [7, 11) is -3.35. The van der Waals surface area contributed by atoms with Gasteiger partial charge in [0.15, 0.2) is 0 Å². The van der Waals surface area contributed by atoms with E-state index in [0.717, 1.165) is 25.7 Å². The quantitative estimate of drug-likeness (QED) is 0.771. The smallest absolute Gasteiger partial charge is 0.216 e. The molecule has 1 fully saturated rings. The van der Waals surface area contributed by atoms with Crippen LogP contribution in [0.4, 0.5) is 0 Å². The molecule has 0 spiro atoms. The monoisotopic (exact) mass is 249 g/mol. The predicted molar refractivity (Wildman–Crippen MR) is 64.6 cm³/mol. The first-order chi connectivity index (χ1) is 7.51. The summed E-state index contributed by atoms with van der Waals surface area (Å²) < 4.78 is 26.4. The summed E-state index contributed by atoms with van der Waals surface area (Å²) >= 11 is 0. The highest BCUT2D eigenvalue weighted by Crippen LogP contribution is 2.27. The highest BCUT2D eigenvalue weighted by atomic mass is 32.2. The fraction of sp³-hybridized carbons (Fsp3) is 1.00. The molecule has 0 aromatic carbocycles. The van der Waals surface area contributed by atoms with Crippen LogP contribution in [-0.2, 0) is 10.0 Å². The molecular formula is C11H23NO3S. The van der Waals surface area contributed by atoms with Gasteiger partial charge in [-0.2, -0.15) is 0 Å². The first kappa shape index (κ1) is 13.9. The second-order valence-electron chi connectivity index (χ2n) is 4.72. The molecular weight excluding hydrogens is 226 g/mol. The Kier molecular flexibility index (Phi) is 5.21. The average molecular weight is 249 g/mol. The summed E-state index contributed by atoms with van der Waals surface area (Å²) in [6.07, 6.45) is 5.34. The topological polar surface area (TPSA) is 66.4 Å². The van der Waals surface area contributed by atoms with Crippen LogP contribution in [0.5, 0.6) is 0 Å². The zero-order valence-electron chi connectivity index (χ0n) is 10.1. The fourth-order valence-corrected chi connectivity index (χ4v) is 3.44. The van der Waals surface area contributed by atoms with E-state index in [2.05, 4.69) is 11.6 Å². The van der Waals surface area contributed by atoms with Gasteiger partial charge in [0.25, 0.3) is 0 Å². The van der Waals surface area contributed by atoms with Crippen LogP contribution in [0.3, 0.4) is 0 Å². The molecule has 0 aromatic rings. The minimum Gasteiger partial charge on any atom is -0.395 e. The Hall–Kier alpha value is -0.130. The Morgan fingerprint density at radius 2 is 2.00 bits per heavy atom. The average Bonchev–Trinajstić information content (AvgIpc) is 2.28. The third-order valence-electron chi connectivity index (χ3n) is 3.54. The fourth-order valence-electron chi connectivity index (χ4n) is 2.28. The Bertz CT molecular complexity index is 302. The van der Waals surface area contributed by atoms with Crippen LogP contribution < -0.4 is 4.72 Å². The van der Waals surface area contributed by atoms with Crippen molar-refractivity contribution in [2.45, 2.75) is 57.2 Å². The lowest BCUT2D eigenvalue weighted by atomic mass is 9.83. The van der Waals surface area contributed by atoms with E-state index < -0.39 is 15.3 Å². The lowest BCUT2D eigenvalue weighted by Gasteiger charge is -2.32. The van der Waals surface area contributed by atoms with Crippen LogP contribution in [-0.4, -0.2) is 31.4 Å². The van der Waals surface area contributed by atoms with Gasteiger partial charge in [0.1, 0.15) is 0 Å². The molecule has 0 radical (unpaired) electrons. The molecule has 16 heavy (non-hydrogen) atoms. The normalized spacial score (nSPS) is 28.9. The number of aliphatic hydroxyl groups excluding tert-OH is 1. The molecule has 96 valence electrons. The van der Waals surface area contributed by atoms with Crippen molar-refractivity contribution in [3.05, 3.63) is 0 Å². The molecule has 4 nitrogen and oxygen atoms in total. The van der Waals surface area contributed by atoms with Crippen molar-refractivity contribution in [3.63, 3.8) is 0 Å². The van der Waals surface area contributed by atoms with Crippen LogP contribution in [0.15, 0.2) is 0 Å². The van der Waals surface area contributed by atoms with Crippen molar-refractivity contribution in [2.24, 2.45) is 5.92 Å². The summed E-state index contributed by atoms with van der Waals surface area (Å²) in [5.41, 5.74) is 0. The molecule has 0 saturated heterocycles. The van der Waals surface area contributed by atoms with Gasteiger partial charge in [-0.3, -0.25) is 0 Å². The summed E-state index contributed by atoms with van der Waals surface area (Å²) in [5.74, 6) is 0.453. The molecule has 2 N–H and O–H groups in total. The van der Waals surface area contributed by atoms with Gasteiger partial charge < -0.3 is 5.11 Å². The number of hydrogen-bond donors (Lipinski definition) is 2. The van der Waals surface area contributed by atoms with E-state index in [9.17, 15) is 8.42 Å². The molecule has 1 rings (SSSR count). The molecule has 1 aliphatic carbocycles. The maximum absolute atomic E-state index is 11.8. The molecule has 0 heterocycles. The molecule has 0 bridgehead atoms. The van der Waals surface area contributed by atoms with E-state index in [4.69, 9.17) is 5.11 Å². The number of aliphatic hydroxyl groups is 1. The van der Waals surface area contributed by atoms with E-state index in [1.165, 1.54) is 13.3 Å². The highest BCUT2D eigenvalue weighted by Gasteiger charge is 2.29. The predicted octanol–water partition coefficient (Wildman–Crippen LogP) is 1.26. The lowest BCUT2D eigenvalue weighted by molar-refractivity contribution is 0.274. The van der Waals surface area contributed by atoms with Crippen LogP contribution >= 0.6 is 0 Å². The van der Waals surface area contributed by atoms with Crippen molar-refractivity contribution >= 4 is 10.0 Å². The largest absolute Gasteiger partial charge is 0.395 e. The van der Waals surface area contributed by atoms with Gasteiger partial charge in [-0.25, -0.2) is 13.1 Å². The molecule has 0 amide bonds. The molecule has 1 saturated carbocycles. The maximum Gasteiger partial charge on any atom is 0.216 e. The SMILES string of the molecule is CCC1CCCCC1NS(=O)(=O)C(C)CO. The number of hydrogen-bond acceptors (Lipinski definition) is 3. The number of sulfonamides is 1. The number of rotatable bonds is 5. The summed E-state index contributed by atoms with van der Waals surface area (Å²) in [5, 5.41) is 8.19. The third kappa shape index (κ3) is 3.43. The van der Waals surface area contributed by atoms with Gasteiger partial charge in [0, 0.05) is 6.04 Å². The first-order valence-corrected chi connectivity index (χ1v) is 7.68. The third-order valence-corrected chi connectivity index (χ3v) is 5.38. The molecule has 0 aliphatic heterocycles. The summed E-state index contributed by atoms with van der Waals surface area (Å²) in [4.78, 5) is 0. The van der Waals surface area contributed by atoms with Crippen molar-refractivity contribution in [2.75, 3.05) is 6.61 Å². The molecule has 1 aliphatic rings. The molecule has 3 unspecified atom stereocenters. The number of nitrogens with one attached hydrogen (secondary N) is 1. The van der Waals surface area contributed by atoms with Crippen molar-refractivity contribution in [1.29, 1.82) is 0 Å². The molecule has 3 atom stereocenters. The van der Waals surface area contributed by atoms with Crippen LogP contribution in [0.25, 0.3) is 0 Å². The van der Waals surface area contributed by atoms with Crippen molar-refractivity contribution in [1.82, 2.24) is 4.72 Å². The zero-order chi connectivity index (χ0) is 12.2. The van der Waals surface area contributed by atoms with Crippen molar-refractivity contribution in [3.8, 4) is 0 Å². The van der Waals surface area contributed by atoms with E-state index in [1.807, 2.05) is 0 Å². The standard InChI is InChI=1S/C11H23NO3S/c1-3-10-6-4-5-7-11(10)12-16(14,15)9(2)8-13/h9-13H,3-8H2,1-2H3. The van der Waals surface area contributed by atoms with Gasteiger partial charge in [-0.15, -0.1) is 0 Å². The second kappa shape index (κ2) is 5.98. The van der Waals surface area contributed by atoms with Gasteiger partial charge in [0.2, 0.25) is 10.0 Å². The minimum absolute atomic E-state index is 0.0674. The Balaban J connectivity index is 2.64. The van der Waals surface area contributed by atoms with E-state index >= 15 is 0 Å². The van der Waals surface area contributed by atoms with Crippen LogP contribution in [0.1, 0.15) is 46.0 Å². The van der Waals surface area contributed by atoms with Gasteiger partial charge in [0.05, 0.1) is 11.9 Å². The molecule has 5 heteroatoms. The van der Waals surface area contributed by atoms with Gasteiger partial charge in [-0.05, 0) is 25.7 Å². The van der Waals surface area contributed by atoms with E-state index in [-0.39, 0.29) is 12.6 Å². The Morgan fingerprint density at radius 3 is 2.56 bits per heavy atom. The zero-order valence-corrected chi connectivity index (χ0v) is 11.0. The van der Waals surface area contributed by atoms with Crippen molar-refractivity contribution < 1.29 is 13.5 Å². The summed E-state index contributed by atoms with van der Waals surface area (Å²) in [6.45, 7) is 3.32. The Morgan fingerprint density at radius 1 is 1.38 bits per heavy atom. The molecule has 0 aromatic heterocycles. The summed E-state index contributed by atoms with van der Waals surface area (Å²) in [6, 6.07) is 0.0674. The minimum atomic E-state index is -3.35. The van der Waals surface area contributed by atoms with Crippen LogP contribution in [0, 0.1) is 5.92 Å². The van der Waals surface area contributed by atoms with Gasteiger partial charge >= 0.3 is 0 Å². The second-order valence-corrected chi connectivity index (χ2v) is 6.85. The first-order valence-electron chi connectivity index (χ1n) is 6.13. The Labute approximate surface area is 98.5 Å². The van der Waals surface area contributed by atoms with E-state index in [1.54, 1.807) is 0 Å². The lowest BCUT2D eigenvalue weighted by Crippen LogP contribution is -2.45. The maximum atomic E-state index is 11.8. The highest BCUT2D eigenvalue weighted by molar-refractivity contribution is 7.90.